The van der Waals surface area contributed by atoms with Gasteiger partial charge in [0.25, 0.3) is 5.91 Å². The monoisotopic (exact) mass is 302 g/mol. The first-order chi connectivity index (χ1) is 9.84. The zero-order valence-electron chi connectivity index (χ0n) is 12.6. The van der Waals surface area contributed by atoms with E-state index in [9.17, 15) is 4.79 Å². The third-order valence-corrected chi connectivity index (χ3v) is 3.56. The molecule has 0 fully saturated rings. The largest absolute Gasteiger partial charge is 0.329 e. The van der Waals surface area contributed by atoms with Gasteiger partial charge < -0.3 is 4.90 Å². The minimum Gasteiger partial charge on any atom is -0.329 e. The van der Waals surface area contributed by atoms with Crippen LogP contribution in [0.25, 0.3) is 10.9 Å². The number of rotatable bonds is 3. The van der Waals surface area contributed by atoms with Gasteiger partial charge in [0.2, 0.25) is 0 Å². The Labute approximate surface area is 130 Å². The van der Waals surface area contributed by atoms with E-state index in [1.165, 1.54) is 0 Å². The van der Waals surface area contributed by atoms with Crippen molar-refractivity contribution in [3.8, 4) is 0 Å². The molecule has 0 aliphatic carbocycles. The number of aromatic nitrogens is 1. The second-order valence-electron chi connectivity index (χ2n) is 5.88. The molecule has 1 aromatic heterocycles. The molecule has 21 heavy (non-hydrogen) atoms. The molecule has 1 aromatic carbocycles. The number of fused-ring (bicyclic) bond motifs is 1. The van der Waals surface area contributed by atoms with Crippen molar-refractivity contribution in [3.63, 3.8) is 0 Å². The fraction of sp³-hybridized carbons (Fsp3) is 0.294. The van der Waals surface area contributed by atoms with E-state index in [0.717, 1.165) is 10.9 Å². The average Bonchev–Trinajstić information content (AvgIpc) is 2.43. The molecule has 0 radical (unpaired) electrons. The molecule has 1 amide bonds. The van der Waals surface area contributed by atoms with Crippen molar-refractivity contribution < 1.29 is 4.79 Å². The molecule has 2 rings (SSSR count). The second kappa shape index (κ2) is 5.86. The van der Waals surface area contributed by atoms with Gasteiger partial charge in [-0.05, 0) is 32.9 Å². The lowest BCUT2D eigenvalue weighted by atomic mass is 10.0. The molecule has 0 spiro atoms. The van der Waals surface area contributed by atoms with Crippen LogP contribution in [0, 0.1) is 0 Å². The van der Waals surface area contributed by atoms with Gasteiger partial charge in [0, 0.05) is 17.5 Å². The highest BCUT2D eigenvalue weighted by Crippen LogP contribution is 2.25. The van der Waals surface area contributed by atoms with E-state index in [1.807, 2.05) is 45.0 Å². The first-order valence-electron chi connectivity index (χ1n) is 6.82. The quantitative estimate of drug-likeness (QED) is 0.791. The van der Waals surface area contributed by atoms with Crippen molar-refractivity contribution in [1.29, 1.82) is 0 Å². The molecule has 0 bridgehead atoms. The van der Waals surface area contributed by atoms with Crippen LogP contribution >= 0.6 is 11.6 Å². The molecular weight excluding hydrogens is 284 g/mol. The van der Waals surface area contributed by atoms with Gasteiger partial charge in [0.1, 0.15) is 5.69 Å². The number of carbonyl (C=O) groups excluding carboxylic acids is 1. The highest BCUT2D eigenvalue weighted by molar-refractivity contribution is 6.35. The summed E-state index contributed by atoms with van der Waals surface area (Å²) < 4.78 is 0. The number of hydrogen-bond acceptors (Lipinski definition) is 2. The predicted molar refractivity (Wildman–Crippen MR) is 87.7 cm³/mol. The van der Waals surface area contributed by atoms with E-state index in [1.54, 1.807) is 17.0 Å². The molecule has 0 unspecified atom stereocenters. The van der Waals surface area contributed by atoms with Crippen LogP contribution in [0.1, 0.15) is 31.3 Å². The number of hydrogen-bond donors (Lipinski definition) is 0. The number of halogens is 1. The normalized spacial score (nSPS) is 11.4. The lowest BCUT2D eigenvalue weighted by molar-refractivity contribution is 0.0611. The molecule has 4 heteroatoms. The van der Waals surface area contributed by atoms with Gasteiger partial charge in [0.15, 0.2) is 0 Å². The molecule has 0 atom stereocenters. The van der Waals surface area contributed by atoms with E-state index in [4.69, 9.17) is 11.6 Å². The Morgan fingerprint density at radius 3 is 2.67 bits per heavy atom. The van der Waals surface area contributed by atoms with Crippen LogP contribution in [0.2, 0.25) is 5.02 Å². The summed E-state index contributed by atoms with van der Waals surface area (Å²) in [6.07, 6.45) is 1.71. The Morgan fingerprint density at radius 2 is 2.05 bits per heavy atom. The number of amides is 1. The molecule has 2 aromatic rings. The number of para-hydroxylation sites is 1. The molecular formula is C17H19ClN2O. The summed E-state index contributed by atoms with van der Waals surface area (Å²) >= 11 is 6.27. The lowest BCUT2D eigenvalue weighted by Crippen LogP contribution is -2.46. The fourth-order valence-electron chi connectivity index (χ4n) is 2.17. The Kier molecular flexibility index (Phi) is 4.33. The summed E-state index contributed by atoms with van der Waals surface area (Å²) in [5.41, 5.74) is 0.765. The average molecular weight is 303 g/mol. The maximum atomic E-state index is 12.7. The number of nitrogens with zero attached hydrogens (tertiary/aromatic N) is 2. The molecule has 1 heterocycles. The Bertz CT molecular complexity index is 689. The summed E-state index contributed by atoms with van der Waals surface area (Å²) in [4.78, 5) is 18.9. The summed E-state index contributed by atoms with van der Waals surface area (Å²) in [5.74, 6) is -0.143. The minimum absolute atomic E-state index is 0.143. The van der Waals surface area contributed by atoms with Crippen LogP contribution in [0.3, 0.4) is 0 Å². The Balaban J connectivity index is 2.49. The lowest BCUT2D eigenvalue weighted by Gasteiger charge is -2.34. The molecule has 0 aliphatic rings. The standard InChI is InChI=1S/C17H19ClN2O/c1-5-10-20(17(2,3)4)16(21)15-11-13(18)12-8-6-7-9-14(12)19-15/h5-9,11H,1,10H2,2-4H3. The van der Waals surface area contributed by atoms with Gasteiger partial charge in [-0.15, -0.1) is 6.58 Å². The minimum atomic E-state index is -0.314. The number of benzene rings is 1. The molecule has 3 nitrogen and oxygen atoms in total. The number of carbonyl (C=O) groups is 1. The van der Waals surface area contributed by atoms with Crippen molar-refractivity contribution in [2.75, 3.05) is 6.54 Å². The van der Waals surface area contributed by atoms with E-state index in [2.05, 4.69) is 11.6 Å². The molecule has 0 aliphatic heterocycles. The van der Waals surface area contributed by atoms with E-state index in [-0.39, 0.29) is 11.4 Å². The highest BCUT2D eigenvalue weighted by atomic mass is 35.5. The smallest absolute Gasteiger partial charge is 0.273 e. The third-order valence-electron chi connectivity index (χ3n) is 3.25. The van der Waals surface area contributed by atoms with E-state index in [0.29, 0.717) is 17.3 Å². The number of pyridine rings is 1. The Morgan fingerprint density at radius 1 is 1.38 bits per heavy atom. The van der Waals surface area contributed by atoms with Crippen LogP contribution < -0.4 is 0 Å². The zero-order chi connectivity index (χ0) is 15.6. The maximum Gasteiger partial charge on any atom is 0.273 e. The highest BCUT2D eigenvalue weighted by Gasteiger charge is 2.27. The summed E-state index contributed by atoms with van der Waals surface area (Å²) in [6, 6.07) is 9.16. The van der Waals surface area contributed by atoms with Gasteiger partial charge in [-0.2, -0.15) is 0 Å². The van der Waals surface area contributed by atoms with E-state index < -0.39 is 0 Å². The van der Waals surface area contributed by atoms with Crippen molar-refractivity contribution >= 4 is 28.4 Å². The van der Waals surface area contributed by atoms with Gasteiger partial charge in [-0.3, -0.25) is 4.79 Å². The van der Waals surface area contributed by atoms with E-state index >= 15 is 0 Å². The topological polar surface area (TPSA) is 33.2 Å². The maximum absolute atomic E-state index is 12.7. The van der Waals surface area contributed by atoms with Gasteiger partial charge in [-0.1, -0.05) is 35.9 Å². The van der Waals surface area contributed by atoms with Crippen molar-refractivity contribution in [2.45, 2.75) is 26.3 Å². The summed E-state index contributed by atoms with van der Waals surface area (Å²) in [7, 11) is 0. The zero-order valence-corrected chi connectivity index (χ0v) is 13.3. The Hall–Kier alpha value is -1.87. The van der Waals surface area contributed by atoms with Crippen molar-refractivity contribution in [2.24, 2.45) is 0 Å². The molecule has 0 saturated carbocycles. The summed E-state index contributed by atoms with van der Waals surface area (Å²) in [5, 5.41) is 1.39. The van der Waals surface area contributed by atoms with Crippen LogP contribution in [0.4, 0.5) is 0 Å². The van der Waals surface area contributed by atoms with Crippen LogP contribution in [0.15, 0.2) is 43.0 Å². The van der Waals surface area contributed by atoms with Gasteiger partial charge in [-0.25, -0.2) is 4.98 Å². The van der Waals surface area contributed by atoms with Gasteiger partial charge >= 0.3 is 0 Å². The molecule has 0 N–H and O–H groups in total. The second-order valence-corrected chi connectivity index (χ2v) is 6.29. The van der Waals surface area contributed by atoms with Crippen LogP contribution in [-0.2, 0) is 0 Å². The predicted octanol–water partition coefficient (Wildman–Crippen LogP) is 4.31. The SMILES string of the molecule is C=CCN(C(=O)c1cc(Cl)c2ccccc2n1)C(C)(C)C. The molecule has 110 valence electrons. The van der Waals surface area contributed by atoms with Gasteiger partial charge in [0.05, 0.1) is 10.5 Å². The fourth-order valence-corrected chi connectivity index (χ4v) is 2.43. The van der Waals surface area contributed by atoms with Crippen molar-refractivity contribution in [1.82, 2.24) is 9.88 Å². The van der Waals surface area contributed by atoms with Crippen molar-refractivity contribution in [3.05, 3.63) is 53.7 Å². The first kappa shape index (κ1) is 15.5. The van der Waals surface area contributed by atoms with Crippen LogP contribution in [-0.4, -0.2) is 27.9 Å². The molecule has 0 saturated heterocycles. The van der Waals surface area contributed by atoms with Crippen LogP contribution in [0.5, 0.6) is 0 Å². The third kappa shape index (κ3) is 3.24. The summed E-state index contributed by atoms with van der Waals surface area (Å²) in [6.45, 7) is 10.1. The first-order valence-corrected chi connectivity index (χ1v) is 7.20.